The van der Waals surface area contributed by atoms with Gasteiger partial charge in [-0.05, 0) is 26.2 Å². The molecule has 2 N–H and O–H groups in total. The largest absolute Gasteiger partial charge is 0.389 e. The molecule has 1 fully saturated rings. The minimum atomic E-state index is -2.88. The molecule has 0 aromatic heterocycles. The maximum Gasteiger partial charge on any atom is 0.152 e. The molecule has 96 valence electrons. The van der Waals surface area contributed by atoms with Crippen LogP contribution in [0.25, 0.3) is 0 Å². The lowest BCUT2D eigenvalue weighted by Gasteiger charge is -2.32. The topological polar surface area (TPSA) is 66.4 Å². The van der Waals surface area contributed by atoms with Gasteiger partial charge in [0.1, 0.15) is 0 Å². The van der Waals surface area contributed by atoms with Crippen molar-refractivity contribution in [1.29, 1.82) is 0 Å². The van der Waals surface area contributed by atoms with E-state index >= 15 is 0 Å². The molecule has 4 nitrogen and oxygen atoms in total. The summed E-state index contributed by atoms with van der Waals surface area (Å²) in [7, 11) is -2.88. The molecule has 0 aliphatic carbocycles. The molecule has 1 aliphatic heterocycles. The highest BCUT2D eigenvalue weighted by Gasteiger charge is 2.39. The van der Waals surface area contributed by atoms with E-state index in [9.17, 15) is 13.5 Å². The molecular weight excluding hydrogens is 226 g/mol. The Hall–Kier alpha value is -0.130. The van der Waals surface area contributed by atoms with Crippen LogP contribution in [0.15, 0.2) is 0 Å². The van der Waals surface area contributed by atoms with Crippen LogP contribution in [0, 0.1) is 0 Å². The van der Waals surface area contributed by atoms with Crippen LogP contribution in [0.5, 0.6) is 0 Å². The normalized spacial score (nSPS) is 29.5. The van der Waals surface area contributed by atoms with Crippen LogP contribution in [-0.2, 0) is 9.84 Å². The van der Waals surface area contributed by atoms with Crippen LogP contribution in [0.2, 0.25) is 0 Å². The third-order valence-corrected chi connectivity index (χ3v) is 5.57. The maximum atomic E-state index is 11.4. The van der Waals surface area contributed by atoms with E-state index < -0.39 is 15.4 Å². The Labute approximate surface area is 98.4 Å². The summed E-state index contributed by atoms with van der Waals surface area (Å²) >= 11 is 0. The molecule has 0 aromatic rings. The fourth-order valence-electron chi connectivity index (χ4n) is 2.03. The van der Waals surface area contributed by atoms with Gasteiger partial charge in [-0.15, -0.1) is 0 Å². The van der Waals surface area contributed by atoms with Crippen molar-refractivity contribution in [1.82, 2.24) is 5.32 Å². The minimum Gasteiger partial charge on any atom is -0.389 e. The molecule has 0 amide bonds. The predicted octanol–water partition coefficient (Wildman–Crippen LogP) is 0.704. The summed E-state index contributed by atoms with van der Waals surface area (Å²) in [6.45, 7) is 6.27. The van der Waals surface area contributed by atoms with E-state index in [1.54, 1.807) is 0 Å². The molecule has 0 aromatic carbocycles. The maximum absolute atomic E-state index is 11.4. The number of aliphatic hydroxyl groups is 1. The summed E-state index contributed by atoms with van der Waals surface area (Å²) in [4.78, 5) is 0. The summed E-state index contributed by atoms with van der Waals surface area (Å²) in [5.74, 6) is 0.441. The van der Waals surface area contributed by atoms with E-state index in [4.69, 9.17) is 0 Å². The first-order valence-electron chi connectivity index (χ1n) is 5.92. The lowest BCUT2D eigenvalue weighted by Crippen LogP contribution is -2.51. The fraction of sp³-hybridized carbons (Fsp3) is 1.00. The second-order valence-corrected chi connectivity index (χ2v) is 7.37. The Morgan fingerprint density at radius 2 is 1.94 bits per heavy atom. The van der Waals surface area contributed by atoms with Crippen molar-refractivity contribution in [2.75, 3.05) is 18.1 Å². The first-order valence-corrected chi connectivity index (χ1v) is 7.74. The lowest BCUT2D eigenvalue weighted by molar-refractivity contribution is 0.0262. The van der Waals surface area contributed by atoms with Crippen molar-refractivity contribution in [3.05, 3.63) is 0 Å². The number of sulfone groups is 1. The van der Waals surface area contributed by atoms with Gasteiger partial charge < -0.3 is 10.4 Å². The molecule has 16 heavy (non-hydrogen) atoms. The molecule has 0 spiro atoms. The Kier molecular flexibility index (Phi) is 4.03. The Bertz CT molecular complexity index is 335. The lowest BCUT2D eigenvalue weighted by atomic mass is 9.94. The molecular formula is C11H23NO3S. The number of hydrogen-bond donors (Lipinski definition) is 2. The highest BCUT2D eigenvalue weighted by atomic mass is 32.2. The Balaban J connectivity index is 2.56. The average molecular weight is 249 g/mol. The van der Waals surface area contributed by atoms with Crippen molar-refractivity contribution in [3.63, 3.8) is 0 Å². The summed E-state index contributed by atoms with van der Waals surface area (Å²) in [5, 5.41) is 13.3. The zero-order valence-electron chi connectivity index (χ0n) is 10.4. The molecule has 0 saturated carbocycles. The summed E-state index contributed by atoms with van der Waals surface area (Å²) in [6, 6.07) is 0. The summed E-state index contributed by atoms with van der Waals surface area (Å²) in [6.07, 6.45) is 2.00. The van der Waals surface area contributed by atoms with E-state index in [0.29, 0.717) is 25.8 Å². The highest BCUT2D eigenvalue weighted by Crippen LogP contribution is 2.24. The number of rotatable bonds is 5. The van der Waals surface area contributed by atoms with E-state index in [2.05, 4.69) is 5.32 Å². The SMILES string of the molecule is CCC(O)(CC)CNC1(C)CCS(=O)(=O)C1. The Morgan fingerprint density at radius 1 is 1.38 bits per heavy atom. The van der Waals surface area contributed by atoms with Crippen molar-refractivity contribution >= 4 is 9.84 Å². The second kappa shape index (κ2) is 4.63. The minimum absolute atomic E-state index is 0.184. The molecule has 0 radical (unpaired) electrons. The van der Waals surface area contributed by atoms with E-state index in [-0.39, 0.29) is 17.0 Å². The van der Waals surface area contributed by atoms with Crippen LogP contribution >= 0.6 is 0 Å². The molecule has 1 unspecified atom stereocenters. The van der Waals surface area contributed by atoms with Crippen LogP contribution in [0.3, 0.4) is 0 Å². The van der Waals surface area contributed by atoms with Gasteiger partial charge in [-0.2, -0.15) is 0 Å². The van der Waals surface area contributed by atoms with E-state index in [1.165, 1.54) is 0 Å². The zero-order valence-corrected chi connectivity index (χ0v) is 11.2. The second-order valence-electron chi connectivity index (χ2n) is 5.19. The van der Waals surface area contributed by atoms with Gasteiger partial charge in [-0.1, -0.05) is 13.8 Å². The molecule has 1 heterocycles. The van der Waals surface area contributed by atoms with Gasteiger partial charge in [0.25, 0.3) is 0 Å². The quantitative estimate of drug-likeness (QED) is 0.753. The smallest absolute Gasteiger partial charge is 0.152 e. The van der Waals surface area contributed by atoms with Crippen molar-refractivity contribution in [3.8, 4) is 0 Å². The molecule has 0 bridgehead atoms. The van der Waals surface area contributed by atoms with Gasteiger partial charge in [0.2, 0.25) is 0 Å². The van der Waals surface area contributed by atoms with Gasteiger partial charge in [-0.25, -0.2) is 8.42 Å². The van der Waals surface area contributed by atoms with Gasteiger partial charge in [0.05, 0.1) is 17.1 Å². The van der Waals surface area contributed by atoms with Crippen LogP contribution in [0.1, 0.15) is 40.0 Å². The standard InChI is InChI=1S/C11H23NO3S/c1-4-11(13,5-2)8-12-10(3)6-7-16(14,15)9-10/h12-13H,4-9H2,1-3H3. The summed E-state index contributed by atoms with van der Waals surface area (Å²) < 4.78 is 22.8. The third-order valence-electron chi connectivity index (χ3n) is 3.66. The first kappa shape index (κ1) is 13.9. The third kappa shape index (κ3) is 3.43. The predicted molar refractivity (Wildman–Crippen MR) is 65.2 cm³/mol. The van der Waals surface area contributed by atoms with Gasteiger partial charge in [0, 0.05) is 12.1 Å². The van der Waals surface area contributed by atoms with Crippen molar-refractivity contribution < 1.29 is 13.5 Å². The number of nitrogens with one attached hydrogen (secondary N) is 1. The van der Waals surface area contributed by atoms with Gasteiger partial charge in [0.15, 0.2) is 9.84 Å². The molecule has 5 heteroatoms. The van der Waals surface area contributed by atoms with Gasteiger partial charge in [-0.3, -0.25) is 0 Å². The van der Waals surface area contributed by atoms with Crippen LogP contribution in [-0.4, -0.2) is 42.7 Å². The van der Waals surface area contributed by atoms with E-state index in [0.717, 1.165) is 0 Å². The van der Waals surface area contributed by atoms with Gasteiger partial charge >= 0.3 is 0 Å². The summed E-state index contributed by atoms with van der Waals surface area (Å²) in [5.41, 5.74) is -1.08. The molecule has 1 aliphatic rings. The van der Waals surface area contributed by atoms with Crippen molar-refractivity contribution in [2.24, 2.45) is 0 Å². The monoisotopic (exact) mass is 249 g/mol. The zero-order chi connectivity index (χ0) is 12.4. The van der Waals surface area contributed by atoms with E-state index in [1.807, 2.05) is 20.8 Å². The van der Waals surface area contributed by atoms with Crippen LogP contribution in [0.4, 0.5) is 0 Å². The molecule has 1 saturated heterocycles. The average Bonchev–Trinajstić information content (AvgIpc) is 2.51. The number of β-amino-alcohol motifs (C(OH)–C–C–N with tert-alkyl or cyclic N) is 1. The van der Waals surface area contributed by atoms with Crippen molar-refractivity contribution in [2.45, 2.75) is 51.2 Å². The fourth-order valence-corrected chi connectivity index (χ4v) is 4.15. The van der Waals surface area contributed by atoms with Crippen LogP contribution < -0.4 is 5.32 Å². The Morgan fingerprint density at radius 3 is 2.31 bits per heavy atom. The highest BCUT2D eigenvalue weighted by molar-refractivity contribution is 7.91. The molecule has 1 atom stereocenters. The molecule has 1 rings (SSSR count). The first-order chi connectivity index (χ1) is 7.24. The number of hydrogen-bond acceptors (Lipinski definition) is 4.